The zero-order chi connectivity index (χ0) is 14.5. The van der Waals surface area contributed by atoms with Crippen LogP contribution in [0.5, 0.6) is 17.8 Å². The van der Waals surface area contributed by atoms with E-state index in [-0.39, 0.29) is 12.0 Å². The number of nitrogens with zero attached hydrogens (tertiary/aromatic N) is 3. The first-order valence-corrected chi connectivity index (χ1v) is 6.99. The Morgan fingerprint density at radius 3 is 2.65 bits per heavy atom. The number of halogens is 2. The minimum absolute atomic E-state index is 0.135. The summed E-state index contributed by atoms with van der Waals surface area (Å²) in [4.78, 5) is 12.2. The molecule has 0 spiro atoms. The molecule has 1 N–H and O–H groups in total. The van der Waals surface area contributed by atoms with Crippen molar-refractivity contribution in [2.45, 2.75) is 6.92 Å². The minimum atomic E-state index is 0.135. The maximum Gasteiger partial charge on any atom is 0.330 e. The quantitative estimate of drug-likeness (QED) is 0.881. The van der Waals surface area contributed by atoms with Gasteiger partial charge in [-0.2, -0.15) is 9.97 Å². The van der Waals surface area contributed by atoms with Crippen molar-refractivity contribution in [1.82, 2.24) is 15.0 Å². The van der Waals surface area contributed by atoms with Crippen LogP contribution in [0.1, 0.15) is 6.92 Å². The third-order valence-electron chi connectivity index (χ3n) is 2.19. The molecule has 2 rings (SSSR count). The van der Waals surface area contributed by atoms with Crippen molar-refractivity contribution >= 4 is 33.5 Å². The lowest BCUT2D eigenvalue weighted by atomic mass is 10.3. The summed E-state index contributed by atoms with van der Waals surface area (Å²) in [5, 5.41) is 3.42. The maximum absolute atomic E-state index is 5.88. The standard InChI is InChI=1S/C12H12BrClN4O2/c1-3-19-11-16-10(15-2)17-12(18-11)20-9-5-4-7(14)6-8(9)13/h4-6H,3H2,1-2H3,(H,15,16,17,18). The topological polar surface area (TPSA) is 69.2 Å². The second-order valence-electron chi connectivity index (χ2n) is 3.58. The molecule has 0 bridgehead atoms. The van der Waals surface area contributed by atoms with E-state index in [1.165, 1.54) is 0 Å². The maximum atomic E-state index is 5.88. The van der Waals surface area contributed by atoms with Gasteiger partial charge in [0, 0.05) is 12.1 Å². The van der Waals surface area contributed by atoms with Crippen molar-refractivity contribution in [2.24, 2.45) is 0 Å². The Morgan fingerprint density at radius 1 is 1.25 bits per heavy atom. The molecule has 106 valence electrons. The van der Waals surface area contributed by atoms with Crippen molar-refractivity contribution < 1.29 is 9.47 Å². The molecular weight excluding hydrogens is 348 g/mol. The molecule has 1 heterocycles. The highest BCUT2D eigenvalue weighted by atomic mass is 79.9. The fraction of sp³-hybridized carbons (Fsp3) is 0.250. The second-order valence-corrected chi connectivity index (χ2v) is 4.87. The highest BCUT2D eigenvalue weighted by molar-refractivity contribution is 9.10. The summed E-state index contributed by atoms with van der Waals surface area (Å²) in [6.45, 7) is 2.30. The average molecular weight is 360 g/mol. The summed E-state index contributed by atoms with van der Waals surface area (Å²) in [6.07, 6.45) is 0. The Balaban J connectivity index is 2.29. The molecule has 1 aromatic carbocycles. The Hall–Kier alpha value is -1.60. The Labute approximate surface area is 129 Å². The summed E-state index contributed by atoms with van der Waals surface area (Å²) in [5.74, 6) is 0.911. The molecule has 0 atom stereocenters. The van der Waals surface area contributed by atoms with Gasteiger partial charge >= 0.3 is 12.0 Å². The van der Waals surface area contributed by atoms with Gasteiger partial charge in [-0.05, 0) is 41.1 Å². The van der Waals surface area contributed by atoms with Gasteiger partial charge < -0.3 is 14.8 Å². The van der Waals surface area contributed by atoms with Crippen molar-refractivity contribution in [3.05, 3.63) is 27.7 Å². The van der Waals surface area contributed by atoms with Gasteiger partial charge in [0.15, 0.2) is 0 Å². The Morgan fingerprint density at radius 2 is 2.00 bits per heavy atom. The van der Waals surface area contributed by atoms with Crippen molar-refractivity contribution in [3.8, 4) is 17.8 Å². The van der Waals surface area contributed by atoms with Crippen LogP contribution in [0.15, 0.2) is 22.7 Å². The van der Waals surface area contributed by atoms with E-state index in [9.17, 15) is 0 Å². The van der Waals surface area contributed by atoms with Crippen molar-refractivity contribution in [3.63, 3.8) is 0 Å². The number of aromatic nitrogens is 3. The molecule has 2 aromatic rings. The van der Waals surface area contributed by atoms with Crippen LogP contribution >= 0.6 is 27.5 Å². The van der Waals surface area contributed by atoms with Gasteiger partial charge in [-0.3, -0.25) is 0 Å². The third-order valence-corrected chi connectivity index (χ3v) is 3.04. The molecule has 0 radical (unpaired) electrons. The molecule has 8 heteroatoms. The lowest BCUT2D eigenvalue weighted by Gasteiger charge is -2.09. The number of rotatable bonds is 5. The zero-order valence-electron chi connectivity index (χ0n) is 10.9. The van der Waals surface area contributed by atoms with E-state index in [1.54, 1.807) is 25.2 Å². The second kappa shape index (κ2) is 6.71. The monoisotopic (exact) mass is 358 g/mol. The smallest absolute Gasteiger partial charge is 0.330 e. The van der Waals surface area contributed by atoms with E-state index in [4.69, 9.17) is 21.1 Å². The zero-order valence-corrected chi connectivity index (χ0v) is 13.2. The molecule has 0 aliphatic rings. The van der Waals surface area contributed by atoms with Crippen molar-refractivity contribution in [2.75, 3.05) is 19.0 Å². The first kappa shape index (κ1) is 14.8. The van der Waals surface area contributed by atoms with E-state index >= 15 is 0 Å². The summed E-state index contributed by atoms with van der Waals surface area (Å²) >= 11 is 9.24. The average Bonchev–Trinajstić information content (AvgIpc) is 2.42. The summed E-state index contributed by atoms with van der Waals surface area (Å²) < 4.78 is 11.6. The predicted molar refractivity (Wildman–Crippen MR) is 79.8 cm³/mol. The molecule has 0 unspecified atom stereocenters. The van der Waals surface area contributed by atoms with Crippen LogP contribution in [-0.2, 0) is 0 Å². The van der Waals surface area contributed by atoms with Crippen molar-refractivity contribution in [1.29, 1.82) is 0 Å². The van der Waals surface area contributed by atoms with Gasteiger partial charge in [-0.25, -0.2) is 0 Å². The third kappa shape index (κ3) is 3.71. The highest BCUT2D eigenvalue weighted by Crippen LogP contribution is 2.31. The van der Waals surface area contributed by atoms with Crippen LogP contribution < -0.4 is 14.8 Å². The summed E-state index contributed by atoms with van der Waals surface area (Å²) in [5.41, 5.74) is 0. The number of ether oxygens (including phenoxy) is 2. The number of hydrogen-bond acceptors (Lipinski definition) is 6. The van der Waals surface area contributed by atoms with Gasteiger partial charge in [0.2, 0.25) is 5.95 Å². The van der Waals surface area contributed by atoms with Crippen LogP contribution in [0.3, 0.4) is 0 Å². The largest absolute Gasteiger partial charge is 0.464 e. The van der Waals surface area contributed by atoms with Gasteiger partial charge in [0.25, 0.3) is 0 Å². The van der Waals surface area contributed by atoms with E-state index < -0.39 is 0 Å². The summed E-state index contributed by atoms with van der Waals surface area (Å²) in [7, 11) is 1.70. The first-order valence-electron chi connectivity index (χ1n) is 5.82. The molecule has 0 saturated heterocycles. The van der Waals surface area contributed by atoms with Crippen LogP contribution in [-0.4, -0.2) is 28.6 Å². The Kier molecular flexibility index (Phi) is 4.97. The molecule has 20 heavy (non-hydrogen) atoms. The summed E-state index contributed by atoms with van der Waals surface area (Å²) in [6, 6.07) is 5.49. The van der Waals surface area contributed by atoms with Gasteiger partial charge in [-0.1, -0.05) is 11.6 Å². The SMILES string of the molecule is CCOc1nc(NC)nc(Oc2ccc(Cl)cc2Br)n1. The van der Waals surface area contributed by atoms with Crippen LogP contribution in [0.2, 0.25) is 5.02 Å². The Bertz CT molecular complexity index is 612. The lowest BCUT2D eigenvalue weighted by Crippen LogP contribution is -2.05. The van der Waals surface area contributed by atoms with Crippen LogP contribution in [0.25, 0.3) is 0 Å². The van der Waals surface area contributed by atoms with Crippen LogP contribution in [0, 0.1) is 0 Å². The van der Waals surface area contributed by atoms with E-state index in [1.807, 2.05) is 6.92 Å². The molecule has 0 aliphatic heterocycles. The fourth-order valence-electron chi connectivity index (χ4n) is 1.35. The number of hydrogen-bond donors (Lipinski definition) is 1. The number of nitrogens with one attached hydrogen (secondary N) is 1. The van der Waals surface area contributed by atoms with Crippen LogP contribution in [0.4, 0.5) is 5.95 Å². The van der Waals surface area contributed by atoms with Gasteiger partial charge in [-0.15, -0.1) is 4.98 Å². The molecule has 0 amide bonds. The van der Waals surface area contributed by atoms with E-state index in [0.717, 1.165) is 0 Å². The minimum Gasteiger partial charge on any atom is -0.464 e. The molecule has 6 nitrogen and oxygen atoms in total. The highest BCUT2D eigenvalue weighted by Gasteiger charge is 2.10. The lowest BCUT2D eigenvalue weighted by molar-refractivity contribution is 0.303. The molecule has 1 aromatic heterocycles. The van der Waals surface area contributed by atoms with E-state index in [0.29, 0.717) is 27.8 Å². The number of benzene rings is 1. The normalized spacial score (nSPS) is 10.2. The molecular formula is C12H12BrClN4O2. The number of anilines is 1. The molecule has 0 aliphatic carbocycles. The fourth-order valence-corrected chi connectivity index (χ4v) is 2.11. The predicted octanol–water partition coefficient (Wildman–Crippen LogP) is 3.52. The van der Waals surface area contributed by atoms with E-state index in [2.05, 4.69) is 36.2 Å². The molecule has 0 fully saturated rings. The first-order chi connectivity index (χ1) is 9.62. The van der Waals surface area contributed by atoms with Gasteiger partial charge in [0.05, 0.1) is 11.1 Å². The molecule has 0 saturated carbocycles. The van der Waals surface area contributed by atoms with Gasteiger partial charge in [0.1, 0.15) is 5.75 Å².